The van der Waals surface area contributed by atoms with Crippen molar-refractivity contribution in [1.82, 2.24) is 30.2 Å². The second-order valence-corrected chi connectivity index (χ2v) is 18.3. The second kappa shape index (κ2) is 18.9. The van der Waals surface area contributed by atoms with Gasteiger partial charge in [0.1, 0.15) is 24.1 Å². The lowest BCUT2D eigenvalue weighted by atomic mass is 10.0. The van der Waals surface area contributed by atoms with Crippen LogP contribution in [0.4, 0.5) is 22.9 Å². The SMILES string of the molecule is Nc1nnc(-c2ccccc2O)cc1N1CC2CCC(C1)N2c1cccc(OCCN2CCN(CCCOC3CCN(c4ccc5c(c4)C(=O)N(C4CCC(=O)NC4=O)C5=O)CC3)CC2)c1. The van der Waals surface area contributed by atoms with Gasteiger partial charge in [0.2, 0.25) is 11.8 Å². The van der Waals surface area contributed by atoms with Crippen LogP contribution in [-0.2, 0) is 14.3 Å². The Bertz CT molecular complexity index is 2460. The molecule has 0 aliphatic carbocycles. The molecule has 4 amide bonds. The van der Waals surface area contributed by atoms with Crippen LogP contribution in [0.15, 0.2) is 72.8 Å². The molecular formula is C49H58N10O7. The zero-order chi connectivity index (χ0) is 45.3. The summed E-state index contributed by atoms with van der Waals surface area (Å²) in [5.41, 5.74) is 11.1. The third-order valence-corrected chi connectivity index (χ3v) is 14.3. The second-order valence-electron chi connectivity index (χ2n) is 18.3. The van der Waals surface area contributed by atoms with E-state index >= 15 is 0 Å². The summed E-state index contributed by atoms with van der Waals surface area (Å²) < 4.78 is 12.7. The van der Waals surface area contributed by atoms with Gasteiger partial charge in [-0.3, -0.25) is 34.3 Å². The number of nitrogens with zero attached hydrogens (tertiary/aromatic N) is 8. The maximum absolute atomic E-state index is 13.3. The summed E-state index contributed by atoms with van der Waals surface area (Å²) in [7, 11) is 0. The number of piperidine rings is 2. The number of rotatable bonds is 14. The van der Waals surface area contributed by atoms with Gasteiger partial charge in [0.15, 0.2) is 5.82 Å². The molecule has 10 rings (SSSR count). The molecule has 7 heterocycles. The van der Waals surface area contributed by atoms with Crippen molar-refractivity contribution in [3.8, 4) is 22.8 Å². The van der Waals surface area contributed by atoms with Crippen LogP contribution < -0.4 is 30.5 Å². The first-order chi connectivity index (χ1) is 32.2. The number of phenols is 1. The molecule has 0 spiro atoms. The zero-order valence-electron chi connectivity index (χ0n) is 37.2. The number of imide groups is 2. The Morgan fingerprint density at radius 2 is 1.44 bits per heavy atom. The van der Waals surface area contributed by atoms with Gasteiger partial charge in [-0.1, -0.05) is 18.2 Å². The molecule has 66 heavy (non-hydrogen) atoms. The van der Waals surface area contributed by atoms with E-state index in [2.05, 4.69) is 64.3 Å². The normalized spacial score (nSPS) is 22.9. The first-order valence-electron chi connectivity index (χ1n) is 23.5. The van der Waals surface area contributed by atoms with Crippen LogP contribution in [0.2, 0.25) is 0 Å². The smallest absolute Gasteiger partial charge is 0.262 e. The number of nitrogen functional groups attached to an aromatic ring is 1. The van der Waals surface area contributed by atoms with Gasteiger partial charge in [0, 0.05) is 114 Å². The number of aromatic hydroxyl groups is 1. The molecule has 5 saturated heterocycles. The fraction of sp³-hybridized carbons (Fsp3) is 0.469. The summed E-state index contributed by atoms with van der Waals surface area (Å²) in [4.78, 5) is 63.6. The number of amides is 4. The number of nitrogens with one attached hydrogen (secondary N) is 1. The summed E-state index contributed by atoms with van der Waals surface area (Å²) in [6, 6.07) is 22.6. The predicted octanol–water partition coefficient (Wildman–Crippen LogP) is 3.76. The van der Waals surface area contributed by atoms with Crippen LogP contribution in [-0.4, -0.2) is 157 Å². The summed E-state index contributed by atoms with van der Waals surface area (Å²) in [6.07, 6.45) is 5.35. The molecule has 2 bridgehead atoms. The molecule has 5 fully saturated rings. The van der Waals surface area contributed by atoms with Gasteiger partial charge < -0.3 is 39.9 Å². The van der Waals surface area contributed by atoms with Crippen LogP contribution in [0.5, 0.6) is 11.5 Å². The van der Waals surface area contributed by atoms with E-state index < -0.39 is 23.8 Å². The predicted molar refractivity (Wildman–Crippen MR) is 249 cm³/mol. The number of hydrogen-bond acceptors (Lipinski definition) is 15. The number of fused-ring (bicyclic) bond motifs is 3. The maximum Gasteiger partial charge on any atom is 0.262 e. The first-order valence-corrected chi connectivity index (χ1v) is 23.5. The molecule has 17 heteroatoms. The molecule has 3 aromatic carbocycles. The van der Waals surface area contributed by atoms with Crippen molar-refractivity contribution in [2.24, 2.45) is 0 Å². The molecule has 6 aliphatic rings. The fourth-order valence-electron chi connectivity index (χ4n) is 10.7. The topological polar surface area (TPSA) is 190 Å². The van der Waals surface area contributed by atoms with Crippen molar-refractivity contribution >= 4 is 46.5 Å². The van der Waals surface area contributed by atoms with Crippen LogP contribution in [0.1, 0.15) is 65.7 Å². The minimum atomic E-state index is -0.970. The molecule has 0 radical (unpaired) electrons. The van der Waals surface area contributed by atoms with E-state index in [1.807, 2.05) is 24.3 Å². The minimum Gasteiger partial charge on any atom is -0.507 e. The van der Waals surface area contributed by atoms with E-state index in [0.717, 1.165) is 126 Å². The molecule has 4 aromatic rings. The van der Waals surface area contributed by atoms with Gasteiger partial charge in [-0.2, -0.15) is 0 Å². The Labute approximate surface area is 384 Å². The molecule has 6 aliphatic heterocycles. The molecule has 1 aromatic heterocycles. The first kappa shape index (κ1) is 43.6. The fourth-order valence-corrected chi connectivity index (χ4v) is 10.7. The Hall–Kier alpha value is -6.30. The van der Waals surface area contributed by atoms with E-state index in [9.17, 15) is 24.3 Å². The van der Waals surface area contributed by atoms with Gasteiger partial charge >= 0.3 is 0 Å². The highest BCUT2D eigenvalue weighted by Gasteiger charge is 2.45. The lowest BCUT2D eigenvalue weighted by Crippen LogP contribution is -2.54. The van der Waals surface area contributed by atoms with E-state index in [1.165, 1.54) is 5.69 Å². The van der Waals surface area contributed by atoms with E-state index in [0.29, 0.717) is 46.9 Å². The van der Waals surface area contributed by atoms with Crippen LogP contribution >= 0.6 is 0 Å². The number of nitrogens with two attached hydrogens (primary N) is 1. The van der Waals surface area contributed by atoms with Crippen molar-refractivity contribution < 1.29 is 33.8 Å². The Balaban J connectivity index is 0.620. The number of anilines is 4. The summed E-state index contributed by atoms with van der Waals surface area (Å²) in [6.45, 7) is 10.5. The number of hydrogen-bond donors (Lipinski definition) is 3. The Morgan fingerprint density at radius 3 is 2.20 bits per heavy atom. The van der Waals surface area contributed by atoms with Crippen molar-refractivity contribution in [1.29, 1.82) is 0 Å². The number of aromatic nitrogens is 2. The van der Waals surface area contributed by atoms with E-state index in [1.54, 1.807) is 24.3 Å². The van der Waals surface area contributed by atoms with Gasteiger partial charge in [-0.05, 0) is 87.1 Å². The Morgan fingerprint density at radius 1 is 0.697 bits per heavy atom. The third kappa shape index (κ3) is 8.98. The molecular weight excluding hydrogens is 841 g/mol. The molecule has 346 valence electrons. The van der Waals surface area contributed by atoms with Crippen molar-refractivity contribution in [3.63, 3.8) is 0 Å². The number of phenolic OH excluding ortho intramolecular Hbond substituents is 1. The van der Waals surface area contributed by atoms with Gasteiger partial charge in [-0.15, -0.1) is 10.2 Å². The average Bonchev–Trinajstić information content (AvgIpc) is 3.74. The van der Waals surface area contributed by atoms with Crippen molar-refractivity contribution in [2.45, 2.75) is 69.2 Å². The van der Waals surface area contributed by atoms with Crippen LogP contribution in [0, 0.1) is 0 Å². The molecule has 17 nitrogen and oxygen atoms in total. The molecule has 0 saturated carbocycles. The zero-order valence-corrected chi connectivity index (χ0v) is 37.2. The number of carbonyl (C=O) groups is 4. The summed E-state index contributed by atoms with van der Waals surface area (Å²) in [5.74, 6) is -0.503. The highest BCUT2D eigenvalue weighted by molar-refractivity contribution is 6.23. The van der Waals surface area contributed by atoms with Gasteiger partial charge in [0.05, 0.1) is 28.6 Å². The van der Waals surface area contributed by atoms with Gasteiger partial charge in [0.25, 0.3) is 11.8 Å². The summed E-state index contributed by atoms with van der Waals surface area (Å²) >= 11 is 0. The number of benzene rings is 3. The summed E-state index contributed by atoms with van der Waals surface area (Å²) in [5, 5.41) is 21.2. The maximum atomic E-state index is 13.3. The van der Waals surface area contributed by atoms with Gasteiger partial charge in [-0.25, -0.2) is 0 Å². The van der Waals surface area contributed by atoms with Crippen molar-refractivity contribution in [3.05, 3.63) is 83.9 Å². The van der Waals surface area contributed by atoms with Crippen molar-refractivity contribution in [2.75, 3.05) is 99.1 Å². The lowest BCUT2D eigenvalue weighted by Gasteiger charge is -2.43. The standard InChI is InChI=1S/C49H58N10O7/c50-46-43(29-41(52-53-46)39-7-1-2-8-44(39)60)57-30-34-9-10-35(31-57)58(34)33-5-3-6-37(27-33)66-26-24-55-22-20-54(21-23-55)17-4-25-65-36-15-18-56(19-16-36)32-11-12-38-40(28-32)49(64)59(48(38)63)42-13-14-45(61)51-47(42)62/h1-3,5-8,11-12,27-29,34-36,42,60H,4,9-10,13-26,30-31H2,(H2,50,53)(H,51,61,62). The number of carbonyl (C=O) groups excluding carboxylic acids is 4. The third-order valence-electron chi connectivity index (χ3n) is 14.3. The largest absolute Gasteiger partial charge is 0.507 e. The number of piperazine rings is 2. The lowest BCUT2D eigenvalue weighted by molar-refractivity contribution is -0.136. The molecule has 4 N–H and O–H groups in total. The quantitative estimate of drug-likeness (QED) is 0.123. The van der Waals surface area contributed by atoms with Crippen LogP contribution in [0.25, 0.3) is 11.3 Å². The molecule has 3 unspecified atom stereocenters. The Kier molecular flexibility index (Phi) is 12.5. The highest BCUT2D eigenvalue weighted by atomic mass is 16.5. The van der Waals surface area contributed by atoms with E-state index in [-0.39, 0.29) is 30.6 Å². The minimum absolute atomic E-state index is 0.0948. The molecule has 3 atom stereocenters. The van der Waals surface area contributed by atoms with Crippen LogP contribution in [0.3, 0.4) is 0 Å². The van der Waals surface area contributed by atoms with E-state index in [4.69, 9.17) is 15.2 Å². The highest BCUT2D eigenvalue weighted by Crippen LogP contribution is 2.40. The average molecular weight is 899 g/mol. The number of para-hydroxylation sites is 1. The number of ether oxygens (including phenoxy) is 2. The monoisotopic (exact) mass is 898 g/mol.